The Morgan fingerprint density at radius 1 is 1.53 bits per heavy atom. The Hall–Kier alpha value is -0.610. The van der Waals surface area contributed by atoms with E-state index in [1.54, 1.807) is 0 Å². The number of methoxy groups -OCH3 is 1. The Balaban J connectivity index is 2.29. The highest BCUT2D eigenvalue weighted by Crippen LogP contribution is 2.24. The van der Waals surface area contributed by atoms with Gasteiger partial charge in [0.1, 0.15) is 5.54 Å². The average Bonchev–Trinajstić information content (AvgIpc) is 2.25. The molecule has 0 spiro atoms. The summed E-state index contributed by atoms with van der Waals surface area (Å²) in [6.07, 6.45) is 5.85. The first-order valence-corrected chi connectivity index (χ1v) is 6.51. The molecule has 17 heavy (non-hydrogen) atoms. The number of likely N-dealkylation sites (N-methyl/N-ethyl adjacent to an activating group) is 1. The minimum absolute atomic E-state index is 0.175. The van der Waals surface area contributed by atoms with Crippen molar-refractivity contribution in [2.45, 2.75) is 50.6 Å². The van der Waals surface area contributed by atoms with Gasteiger partial charge >= 0.3 is 5.97 Å². The molecule has 0 bridgehead atoms. The van der Waals surface area contributed by atoms with E-state index in [0.717, 1.165) is 25.4 Å². The SMILES string of the molecule is CNC(C)(CCCN(C)C1CCC1)C(=O)OC. The Morgan fingerprint density at radius 2 is 2.18 bits per heavy atom. The number of ether oxygens (including phenoxy) is 1. The summed E-state index contributed by atoms with van der Waals surface area (Å²) in [6, 6.07) is 0.772. The lowest BCUT2D eigenvalue weighted by Gasteiger charge is -2.35. The number of carbonyl (C=O) groups excluding carboxylic acids is 1. The maximum Gasteiger partial charge on any atom is 0.325 e. The van der Waals surface area contributed by atoms with Crippen molar-refractivity contribution in [1.82, 2.24) is 10.2 Å². The van der Waals surface area contributed by atoms with Gasteiger partial charge in [0, 0.05) is 6.04 Å². The fourth-order valence-corrected chi connectivity index (χ4v) is 2.25. The Morgan fingerprint density at radius 3 is 2.59 bits per heavy atom. The number of hydrogen-bond acceptors (Lipinski definition) is 4. The van der Waals surface area contributed by atoms with E-state index < -0.39 is 5.54 Å². The van der Waals surface area contributed by atoms with Crippen LogP contribution in [0.1, 0.15) is 39.0 Å². The summed E-state index contributed by atoms with van der Waals surface area (Å²) < 4.78 is 4.83. The molecule has 0 aliphatic heterocycles. The molecule has 1 N–H and O–H groups in total. The van der Waals surface area contributed by atoms with Crippen molar-refractivity contribution in [3.63, 3.8) is 0 Å². The van der Waals surface area contributed by atoms with E-state index in [4.69, 9.17) is 4.74 Å². The van der Waals surface area contributed by atoms with Gasteiger partial charge in [-0.15, -0.1) is 0 Å². The largest absolute Gasteiger partial charge is 0.468 e. The molecule has 0 aromatic heterocycles. The van der Waals surface area contributed by atoms with Crippen LogP contribution in [-0.4, -0.2) is 50.2 Å². The number of esters is 1. The van der Waals surface area contributed by atoms with Gasteiger partial charge < -0.3 is 15.0 Å². The maximum absolute atomic E-state index is 11.6. The number of rotatable bonds is 7. The summed E-state index contributed by atoms with van der Waals surface area (Å²) >= 11 is 0. The molecule has 0 radical (unpaired) electrons. The summed E-state index contributed by atoms with van der Waals surface area (Å²) in [5, 5.41) is 3.07. The molecule has 1 rings (SSSR count). The summed E-state index contributed by atoms with van der Waals surface area (Å²) in [5.41, 5.74) is -0.546. The van der Waals surface area contributed by atoms with Crippen LogP contribution in [-0.2, 0) is 9.53 Å². The number of carbonyl (C=O) groups is 1. The van der Waals surface area contributed by atoms with Crippen molar-refractivity contribution in [2.75, 3.05) is 27.7 Å². The van der Waals surface area contributed by atoms with Gasteiger partial charge in [0.15, 0.2) is 0 Å². The molecule has 100 valence electrons. The molecule has 0 aromatic rings. The number of hydrogen-bond donors (Lipinski definition) is 1. The number of nitrogens with one attached hydrogen (secondary N) is 1. The highest BCUT2D eigenvalue weighted by molar-refractivity contribution is 5.80. The standard InChI is InChI=1S/C13H26N2O2/c1-13(14-2,12(16)17-4)9-6-10-15(3)11-7-5-8-11/h11,14H,5-10H2,1-4H3. The molecular weight excluding hydrogens is 216 g/mol. The topological polar surface area (TPSA) is 41.6 Å². The zero-order chi connectivity index (χ0) is 12.9. The first kappa shape index (κ1) is 14.5. The molecule has 0 heterocycles. The molecule has 1 aliphatic rings. The molecule has 1 aliphatic carbocycles. The lowest BCUT2D eigenvalue weighted by atomic mass is 9.91. The number of nitrogens with zero attached hydrogens (tertiary/aromatic N) is 1. The zero-order valence-corrected chi connectivity index (χ0v) is 11.6. The summed E-state index contributed by atoms with van der Waals surface area (Å²) in [6.45, 7) is 2.96. The lowest BCUT2D eigenvalue weighted by Crippen LogP contribution is -2.49. The molecular formula is C13H26N2O2. The smallest absolute Gasteiger partial charge is 0.325 e. The van der Waals surface area contributed by atoms with Crippen LogP contribution in [0.15, 0.2) is 0 Å². The Labute approximate surface area is 105 Å². The third-order valence-corrected chi connectivity index (χ3v) is 4.07. The molecule has 1 unspecified atom stereocenters. The Bertz CT molecular complexity index is 254. The van der Waals surface area contributed by atoms with Crippen LogP contribution in [0.4, 0.5) is 0 Å². The summed E-state index contributed by atoms with van der Waals surface area (Å²) in [4.78, 5) is 14.1. The minimum Gasteiger partial charge on any atom is -0.468 e. The molecule has 0 amide bonds. The summed E-state index contributed by atoms with van der Waals surface area (Å²) in [7, 11) is 5.43. The van der Waals surface area contributed by atoms with Gasteiger partial charge in [-0.2, -0.15) is 0 Å². The molecule has 1 atom stereocenters. The van der Waals surface area contributed by atoms with Crippen molar-refractivity contribution >= 4 is 5.97 Å². The van der Waals surface area contributed by atoms with Crippen molar-refractivity contribution in [3.8, 4) is 0 Å². The monoisotopic (exact) mass is 242 g/mol. The van der Waals surface area contributed by atoms with Gasteiger partial charge in [-0.3, -0.25) is 4.79 Å². The quantitative estimate of drug-likeness (QED) is 0.685. The van der Waals surface area contributed by atoms with E-state index in [-0.39, 0.29) is 5.97 Å². The van der Waals surface area contributed by atoms with Crippen LogP contribution in [0, 0.1) is 0 Å². The van der Waals surface area contributed by atoms with Gasteiger partial charge in [-0.05, 0) is 53.2 Å². The van der Waals surface area contributed by atoms with Crippen LogP contribution < -0.4 is 5.32 Å². The fraction of sp³-hybridized carbons (Fsp3) is 0.923. The van der Waals surface area contributed by atoms with Gasteiger partial charge in [-0.25, -0.2) is 0 Å². The van der Waals surface area contributed by atoms with Gasteiger partial charge in [0.05, 0.1) is 7.11 Å². The van der Waals surface area contributed by atoms with Crippen molar-refractivity contribution in [3.05, 3.63) is 0 Å². The minimum atomic E-state index is -0.546. The van der Waals surface area contributed by atoms with Gasteiger partial charge in [-0.1, -0.05) is 6.42 Å². The maximum atomic E-state index is 11.6. The van der Waals surface area contributed by atoms with Crippen LogP contribution in [0.2, 0.25) is 0 Å². The molecule has 0 aromatic carbocycles. The molecule has 4 nitrogen and oxygen atoms in total. The van der Waals surface area contributed by atoms with Crippen molar-refractivity contribution in [1.29, 1.82) is 0 Å². The molecule has 0 saturated heterocycles. The third-order valence-electron chi connectivity index (χ3n) is 4.07. The summed E-state index contributed by atoms with van der Waals surface area (Å²) in [5.74, 6) is -0.175. The van der Waals surface area contributed by atoms with Crippen LogP contribution in [0.3, 0.4) is 0 Å². The van der Waals surface area contributed by atoms with Gasteiger partial charge in [0.2, 0.25) is 0 Å². The highest BCUT2D eigenvalue weighted by atomic mass is 16.5. The zero-order valence-electron chi connectivity index (χ0n) is 11.6. The third kappa shape index (κ3) is 3.68. The van der Waals surface area contributed by atoms with Crippen LogP contribution >= 0.6 is 0 Å². The second kappa shape index (κ2) is 6.36. The van der Waals surface area contributed by atoms with Crippen molar-refractivity contribution < 1.29 is 9.53 Å². The normalized spacial score (nSPS) is 19.8. The van der Waals surface area contributed by atoms with E-state index >= 15 is 0 Å². The van der Waals surface area contributed by atoms with E-state index in [1.165, 1.54) is 26.4 Å². The second-order valence-corrected chi connectivity index (χ2v) is 5.24. The van der Waals surface area contributed by atoms with Crippen molar-refractivity contribution in [2.24, 2.45) is 0 Å². The average molecular weight is 242 g/mol. The van der Waals surface area contributed by atoms with E-state index in [0.29, 0.717) is 0 Å². The van der Waals surface area contributed by atoms with E-state index in [9.17, 15) is 4.79 Å². The predicted octanol–water partition coefficient (Wildman–Crippen LogP) is 1.40. The fourth-order valence-electron chi connectivity index (χ4n) is 2.25. The van der Waals surface area contributed by atoms with E-state index in [1.807, 2.05) is 14.0 Å². The molecule has 4 heteroatoms. The van der Waals surface area contributed by atoms with Crippen LogP contribution in [0.5, 0.6) is 0 Å². The van der Waals surface area contributed by atoms with E-state index in [2.05, 4.69) is 17.3 Å². The van der Waals surface area contributed by atoms with Crippen LogP contribution in [0.25, 0.3) is 0 Å². The highest BCUT2D eigenvalue weighted by Gasteiger charge is 2.32. The lowest BCUT2D eigenvalue weighted by molar-refractivity contribution is -0.148. The molecule has 1 fully saturated rings. The van der Waals surface area contributed by atoms with Gasteiger partial charge in [0.25, 0.3) is 0 Å². The Kier molecular flexibility index (Phi) is 5.40. The first-order valence-electron chi connectivity index (χ1n) is 6.51. The first-order chi connectivity index (χ1) is 8.03. The second-order valence-electron chi connectivity index (χ2n) is 5.24. The molecule has 1 saturated carbocycles. The predicted molar refractivity (Wildman–Crippen MR) is 69.0 cm³/mol.